The third-order valence-electron chi connectivity index (χ3n) is 5.47. The van der Waals surface area contributed by atoms with Crippen LogP contribution in [0, 0.1) is 5.92 Å². The molecule has 1 amide bonds. The lowest BCUT2D eigenvalue weighted by Crippen LogP contribution is -2.30. The van der Waals surface area contributed by atoms with Crippen molar-refractivity contribution in [3.63, 3.8) is 0 Å². The lowest BCUT2D eigenvalue weighted by Gasteiger charge is -2.37. The molecule has 1 heterocycles. The summed E-state index contributed by atoms with van der Waals surface area (Å²) in [6.45, 7) is 0. The van der Waals surface area contributed by atoms with Crippen molar-refractivity contribution in [1.82, 2.24) is 10.4 Å². The van der Waals surface area contributed by atoms with E-state index in [0.29, 0.717) is 17.3 Å². The number of hydrogen-bond donors (Lipinski definition) is 2. The summed E-state index contributed by atoms with van der Waals surface area (Å²) in [7, 11) is 0. The van der Waals surface area contributed by atoms with Crippen molar-refractivity contribution in [1.29, 1.82) is 0 Å². The molecule has 2 N–H and O–H groups in total. The standard InChI is InChI=1S/C20H23N3O/c24-20(23-22-19-7-3-4-12-21-19)16-10-11-18-15(13-16)9-8-14-5-1-2-6-17(14)18/h3-4,7,10-14,17H,1-2,5-6,8-9H2,(H,21,22)(H,23,24). The Hall–Kier alpha value is -2.36. The third-order valence-corrected chi connectivity index (χ3v) is 5.47. The quantitative estimate of drug-likeness (QED) is 0.838. The van der Waals surface area contributed by atoms with Crippen molar-refractivity contribution >= 4 is 11.7 Å². The maximum absolute atomic E-state index is 12.4. The van der Waals surface area contributed by atoms with Gasteiger partial charge in [0.25, 0.3) is 5.91 Å². The van der Waals surface area contributed by atoms with Gasteiger partial charge in [-0.2, -0.15) is 0 Å². The fraction of sp³-hybridized carbons (Fsp3) is 0.400. The molecule has 2 aliphatic carbocycles. The number of carbonyl (C=O) groups excluding carboxylic acids is 1. The molecule has 0 bridgehead atoms. The predicted molar refractivity (Wildman–Crippen MR) is 94.8 cm³/mol. The SMILES string of the molecule is O=C(NNc1ccccn1)c1ccc2c(c1)CCC1CCCCC21. The van der Waals surface area contributed by atoms with Crippen LogP contribution in [-0.2, 0) is 6.42 Å². The number of hydrogen-bond acceptors (Lipinski definition) is 3. The molecule has 2 aliphatic rings. The van der Waals surface area contributed by atoms with E-state index in [1.54, 1.807) is 6.20 Å². The number of pyridine rings is 1. The molecule has 1 aromatic heterocycles. The topological polar surface area (TPSA) is 54.0 Å². The Kier molecular flexibility index (Phi) is 4.20. The second-order valence-corrected chi connectivity index (χ2v) is 6.90. The molecule has 0 radical (unpaired) electrons. The summed E-state index contributed by atoms with van der Waals surface area (Å²) in [5, 5.41) is 0. The summed E-state index contributed by atoms with van der Waals surface area (Å²) in [4.78, 5) is 16.5. The lowest BCUT2D eigenvalue weighted by atomic mass is 9.68. The molecule has 124 valence electrons. The van der Waals surface area contributed by atoms with Crippen LogP contribution in [0.25, 0.3) is 0 Å². The van der Waals surface area contributed by atoms with Gasteiger partial charge in [-0.25, -0.2) is 4.98 Å². The van der Waals surface area contributed by atoms with Crippen molar-refractivity contribution < 1.29 is 4.79 Å². The number of amides is 1. The molecule has 0 saturated heterocycles. The highest BCUT2D eigenvalue weighted by atomic mass is 16.2. The van der Waals surface area contributed by atoms with E-state index in [1.165, 1.54) is 43.2 Å². The summed E-state index contributed by atoms with van der Waals surface area (Å²) in [6.07, 6.45) is 9.48. The number of benzene rings is 1. The van der Waals surface area contributed by atoms with Crippen molar-refractivity contribution in [2.24, 2.45) is 5.92 Å². The van der Waals surface area contributed by atoms with E-state index in [2.05, 4.69) is 28.0 Å². The number of rotatable bonds is 3. The summed E-state index contributed by atoms with van der Waals surface area (Å²) in [6, 6.07) is 11.8. The van der Waals surface area contributed by atoms with Crippen LogP contribution in [0.3, 0.4) is 0 Å². The fourth-order valence-corrected chi connectivity index (χ4v) is 4.26. The van der Waals surface area contributed by atoms with Gasteiger partial charge in [-0.3, -0.25) is 15.6 Å². The summed E-state index contributed by atoms with van der Waals surface area (Å²) in [5.74, 6) is 2.09. The van der Waals surface area contributed by atoms with Gasteiger partial charge in [-0.15, -0.1) is 0 Å². The third kappa shape index (κ3) is 3.01. The second-order valence-electron chi connectivity index (χ2n) is 6.90. The van der Waals surface area contributed by atoms with Gasteiger partial charge in [-0.05, 0) is 72.9 Å². The Morgan fingerprint density at radius 1 is 1.08 bits per heavy atom. The minimum atomic E-state index is -0.116. The van der Waals surface area contributed by atoms with Gasteiger partial charge in [0, 0.05) is 11.8 Å². The number of aryl methyl sites for hydroxylation is 1. The first-order valence-electron chi connectivity index (χ1n) is 8.91. The zero-order chi connectivity index (χ0) is 16.4. The molecule has 24 heavy (non-hydrogen) atoms. The van der Waals surface area contributed by atoms with Crippen LogP contribution in [-0.4, -0.2) is 10.9 Å². The van der Waals surface area contributed by atoms with Crippen LogP contribution in [0.1, 0.15) is 59.5 Å². The van der Waals surface area contributed by atoms with E-state index in [1.807, 2.05) is 24.3 Å². The molecule has 4 nitrogen and oxygen atoms in total. The zero-order valence-electron chi connectivity index (χ0n) is 13.8. The number of anilines is 1. The molecule has 4 heteroatoms. The maximum Gasteiger partial charge on any atom is 0.269 e. The van der Waals surface area contributed by atoms with E-state index < -0.39 is 0 Å². The van der Waals surface area contributed by atoms with Gasteiger partial charge >= 0.3 is 0 Å². The van der Waals surface area contributed by atoms with Gasteiger partial charge in [0.05, 0.1) is 0 Å². The van der Waals surface area contributed by atoms with Crippen molar-refractivity contribution in [2.75, 3.05) is 5.43 Å². The fourth-order valence-electron chi connectivity index (χ4n) is 4.26. The van der Waals surface area contributed by atoms with Gasteiger partial charge in [0.1, 0.15) is 5.82 Å². The molecule has 2 unspecified atom stereocenters. The van der Waals surface area contributed by atoms with Crippen molar-refractivity contribution in [3.8, 4) is 0 Å². The smallest absolute Gasteiger partial charge is 0.269 e. The number of nitrogens with zero attached hydrogens (tertiary/aromatic N) is 1. The van der Waals surface area contributed by atoms with Crippen molar-refractivity contribution in [3.05, 3.63) is 59.3 Å². The monoisotopic (exact) mass is 321 g/mol. The molecule has 0 aliphatic heterocycles. The maximum atomic E-state index is 12.4. The molecule has 2 atom stereocenters. The highest BCUT2D eigenvalue weighted by molar-refractivity contribution is 5.95. The number of aromatic nitrogens is 1. The largest absolute Gasteiger partial charge is 0.282 e. The minimum Gasteiger partial charge on any atom is -0.282 e. The van der Waals surface area contributed by atoms with Gasteiger partial charge < -0.3 is 0 Å². The van der Waals surface area contributed by atoms with Crippen LogP contribution in [0.5, 0.6) is 0 Å². The average Bonchev–Trinajstić information content (AvgIpc) is 2.66. The Balaban J connectivity index is 1.48. The van der Waals surface area contributed by atoms with Gasteiger partial charge in [0.2, 0.25) is 0 Å². The summed E-state index contributed by atoms with van der Waals surface area (Å²) >= 11 is 0. The molecule has 2 aromatic rings. The Morgan fingerprint density at radius 3 is 2.88 bits per heavy atom. The average molecular weight is 321 g/mol. The van der Waals surface area contributed by atoms with Crippen LogP contribution in [0.4, 0.5) is 5.82 Å². The first kappa shape index (κ1) is 15.2. The molecule has 0 spiro atoms. The first-order chi connectivity index (χ1) is 11.8. The summed E-state index contributed by atoms with van der Waals surface area (Å²) in [5.41, 5.74) is 9.15. The predicted octanol–water partition coefficient (Wildman–Crippen LogP) is 4.06. The zero-order valence-corrected chi connectivity index (χ0v) is 13.8. The van der Waals surface area contributed by atoms with Gasteiger partial charge in [0.15, 0.2) is 0 Å². The summed E-state index contributed by atoms with van der Waals surface area (Å²) < 4.78 is 0. The Labute approximate surface area is 142 Å². The van der Waals surface area contributed by atoms with Crippen LogP contribution >= 0.6 is 0 Å². The first-order valence-corrected chi connectivity index (χ1v) is 8.91. The van der Waals surface area contributed by atoms with Crippen LogP contribution < -0.4 is 10.9 Å². The van der Waals surface area contributed by atoms with E-state index in [4.69, 9.17) is 0 Å². The van der Waals surface area contributed by atoms with Gasteiger partial charge in [-0.1, -0.05) is 25.0 Å². The molecule has 1 saturated carbocycles. The van der Waals surface area contributed by atoms with Crippen molar-refractivity contribution in [2.45, 2.75) is 44.4 Å². The van der Waals surface area contributed by atoms with E-state index in [9.17, 15) is 4.79 Å². The second kappa shape index (κ2) is 6.63. The molecule has 1 fully saturated rings. The molecule has 1 aromatic carbocycles. The Morgan fingerprint density at radius 2 is 2.00 bits per heavy atom. The molecular weight excluding hydrogens is 298 g/mol. The van der Waals surface area contributed by atoms with E-state index >= 15 is 0 Å². The number of fused-ring (bicyclic) bond motifs is 3. The number of nitrogens with one attached hydrogen (secondary N) is 2. The van der Waals surface area contributed by atoms with Crippen LogP contribution in [0.2, 0.25) is 0 Å². The highest BCUT2D eigenvalue weighted by Crippen LogP contribution is 2.45. The Bertz CT molecular complexity index is 729. The lowest BCUT2D eigenvalue weighted by molar-refractivity contribution is 0.0962. The van der Waals surface area contributed by atoms with E-state index in [-0.39, 0.29) is 5.91 Å². The van der Waals surface area contributed by atoms with E-state index in [0.717, 1.165) is 12.3 Å². The normalized spacial score (nSPS) is 22.2. The molecular formula is C20H23N3O. The minimum absolute atomic E-state index is 0.116. The number of hydrazine groups is 1. The van der Waals surface area contributed by atoms with Crippen LogP contribution in [0.15, 0.2) is 42.6 Å². The highest BCUT2D eigenvalue weighted by Gasteiger charge is 2.31. The number of carbonyl (C=O) groups is 1. The molecule has 4 rings (SSSR count).